The number of piperidine rings is 1. The molecule has 4 amide bonds. The zero-order chi connectivity index (χ0) is 30.6. The van der Waals surface area contributed by atoms with Gasteiger partial charge in [-0.15, -0.1) is 0 Å². The van der Waals surface area contributed by atoms with Crippen LogP contribution in [0.5, 0.6) is 5.75 Å². The second kappa shape index (κ2) is 10.4. The first kappa shape index (κ1) is 29.6. The van der Waals surface area contributed by atoms with Gasteiger partial charge in [-0.2, -0.15) is 18.4 Å². The van der Waals surface area contributed by atoms with Gasteiger partial charge in [0, 0.05) is 24.2 Å². The predicted octanol–water partition coefficient (Wildman–Crippen LogP) is 1.45. The number of carbonyl (C=O) groups is 4. The maximum atomic E-state index is 13.8. The molecular weight excluding hydrogens is 557 g/mol. The lowest BCUT2D eigenvalue weighted by atomic mass is 9.95. The number of pyridine rings is 1. The highest BCUT2D eigenvalue weighted by Gasteiger charge is 2.70. The fourth-order valence-corrected chi connectivity index (χ4v) is 6.63. The van der Waals surface area contributed by atoms with Crippen LogP contribution in [0, 0.1) is 34.5 Å². The Morgan fingerprint density at radius 3 is 2.57 bits per heavy atom. The van der Waals surface area contributed by atoms with Crippen molar-refractivity contribution in [1.29, 1.82) is 5.26 Å². The van der Waals surface area contributed by atoms with Crippen molar-refractivity contribution in [2.24, 2.45) is 23.2 Å². The number of carbonyl (C=O) groups excluding carboxylic acids is 4. The average Bonchev–Trinajstić information content (AvgIpc) is 3.64. The number of rotatable bonds is 9. The Bertz CT molecular complexity index is 1310. The van der Waals surface area contributed by atoms with Crippen LogP contribution in [0.2, 0.25) is 0 Å². The third-order valence-corrected chi connectivity index (χ3v) is 9.24. The largest absolute Gasteiger partial charge is 0.486 e. The Morgan fingerprint density at radius 2 is 2.00 bits per heavy atom. The van der Waals surface area contributed by atoms with Crippen molar-refractivity contribution in [3.8, 4) is 11.8 Å². The molecule has 4 aliphatic rings. The van der Waals surface area contributed by atoms with Crippen LogP contribution in [0.15, 0.2) is 24.5 Å². The second-order valence-electron chi connectivity index (χ2n) is 12.4. The number of nitrogens with zero attached hydrogens (tertiary/aromatic N) is 3. The number of nitrogens with one attached hydrogen (secondary N) is 3. The normalized spacial score (nSPS) is 28.5. The number of hydrogen-bond acceptors (Lipinski definition) is 7. The molecule has 2 saturated carbocycles. The van der Waals surface area contributed by atoms with E-state index in [1.54, 1.807) is 5.32 Å². The van der Waals surface area contributed by atoms with Gasteiger partial charge in [-0.05, 0) is 62.0 Å². The summed E-state index contributed by atoms with van der Waals surface area (Å²) in [6, 6.07) is 1.20. The Balaban J connectivity index is 1.34. The molecule has 0 unspecified atom stereocenters. The van der Waals surface area contributed by atoms with Gasteiger partial charge in [-0.1, -0.05) is 13.8 Å². The standard InChI is InChI=1S/C28H33F3N6O5/c1-14(42-17-5-4-8-33-12-17)20(35-25(41)28(29,30)31)24(40)37-13-18-19(26(18,2)3)21(37)23(39)34-16(11-32)9-15-10-27(6-7-27)36-22(15)38/h4-5,8,12,14-16,18-21H,6-7,9-10,13H2,1-3H3,(H,34,39)(H,35,41)(H,36,38)/t14-,15-,16+,18+,19+,20+,21+/m1/s1. The van der Waals surface area contributed by atoms with Crippen LogP contribution in [0.25, 0.3) is 0 Å². The van der Waals surface area contributed by atoms with Crippen LogP contribution in [-0.4, -0.2) is 76.0 Å². The molecule has 1 spiro atoms. The quantitative estimate of drug-likeness (QED) is 0.394. The molecule has 0 aromatic carbocycles. The van der Waals surface area contributed by atoms with E-state index in [1.807, 2.05) is 19.9 Å². The maximum absolute atomic E-state index is 13.8. The first-order chi connectivity index (χ1) is 19.7. The van der Waals surface area contributed by atoms with E-state index in [1.165, 1.54) is 36.4 Å². The lowest BCUT2D eigenvalue weighted by Crippen LogP contribution is -2.61. The first-order valence-electron chi connectivity index (χ1n) is 13.9. The van der Waals surface area contributed by atoms with E-state index in [0.29, 0.717) is 6.42 Å². The molecule has 7 atom stereocenters. The van der Waals surface area contributed by atoms with Crippen molar-refractivity contribution in [3.63, 3.8) is 0 Å². The predicted molar refractivity (Wildman–Crippen MR) is 139 cm³/mol. The molecule has 3 N–H and O–H groups in total. The van der Waals surface area contributed by atoms with E-state index in [0.717, 1.165) is 12.8 Å². The number of amides is 4. The van der Waals surface area contributed by atoms with Gasteiger partial charge in [0.05, 0.1) is 12.3 Å². The SMILES string of the molecule is C[C@@H](Oc1cccnc1)[C@H](NC(=O)C(F)(F)F)C(=O)N1C[C@H]2[C@@H]([C@H]1C(=O)N[C@H](C#N)C[C@@H]1CC3(CC3)NC1=O)C2(C)C. The maximum Gasteiger partial charge on any atom is 0.471 e. The topological polar surface area (TPSA) is 154 Å². The van der Waals surface area contributed by atoms with Crippen LogP contribution in [-0.2, 0) is 19.2 Å². The van der Waals surface area contributed by atoms with Gasteiger partial charge < -0.3 is 25.6 Å². The van der Waals surface area contributed by atoms with Crippen LogP contribution >= 0.6 is 0 Å². The van der Waals surface area contributed by atoms with Crippen molar-refractivity contribution in [1.82, 2.24) is 25.8 Å². The molecule has 1 aromatic heterocycles. The van der Waals surface area contributed by atoms with E-state index in [-0.39, 0.29) is 47.4 Å². The van der Waals surface area contributed by atoms with Crippen molar-refractivity contribution in [2.45, 2.75) is 82.4 Å². The molecule has 4 fully saturated rings. The smallest absolute Gasteiger partial charge is 0.471 e. The minimum atomic E-state index is -5.26. The van der Waals surface area contributed by atoms with E-state index >= 15 is 0 Å². The van der Waals surface area contributed by atoms with E-state index in [9.17, 15) is 37.6 Å². The number of aromatic nitrogens is 1. The average molecular weight is 591 g/mol. The fourth-order valence-electron chi connectivity index (χ4n) is 6.63. The molecule has 5 rings (SSSR count). The fraction of sp³-hybridized carbons (Fsp3) is 0.643. The summed E-state index contributed by atoms with van der Waals surface area (Å²) < 4.78 is 45.4. The molecule has 42 heavy (non-hydrogen) atoms. The third-order valence-electron chi connectivity index (χ3n) is 9.24. The molecule has 3 heterocycles. The molecule has 2 aliphatic heterocycles. The van der Waals surface area contributed by atoms with E-state index < -0.39 is 54.0 Å². The van der Waals surface area contributed by atoms with E-state index in [2.05, 4.69) is 15.6 Å². The van der Waals surface area contributed by atoms with Gasteiger partial charge in [-0.25, -0.2) is 0 Å². The Kier molecular flexibility index (Phi) is 7.35. The summed E-state index contributed by atoms with van der Waals surface area (Å²) in [6.45, 7) is 5.28. The number of alkyl halides is 3. The molecule has 11 nitrogen and oxygen atoms in total. The van der Waals surface area contributed by atoms with Crippen LogP contribution < -0.4 is 20.7 Å². The summed E-state index contributed by atoms with van der Waals surface area (Å²) in [4.78, 5) is 56.9. The van der Waals surface area contributed by atoms with Crippen molar-refractivity contribution >= 4 is 23.6 Å². The monoisotopic (exact) mass is 590 g/mol. The Hall–Kier alpha value is -3.89. The lowest BCUT2D eigenvalue weighted by Gasteiger charge is -2.35. The number of hydrogen-bond donors (Lipinski definition) is 3. The van der Waals surface area contributed by atoms with Crippen LogP contribution in [0.4, 0.5) is 13.2 Å². The number of fused-ring (bicyclic) bond motifs is 1. The van der Waals surface area contributed by atoms with Crippen LogP contribution in [0.3, 0.4) is 0 Å². The Labute approximate surface area is 240 Å². The first-order valence-corrected chi connectivity index (χ1v) is 13.9. The zero-order valence-electron chi connectivity index (χ0n) is 23.4. The second-order valence-corrected chi connectivity index (χ2v) is 12.4. The van der Waals surface area contributed by atoms with Crippen molar-refractivity contribution < 1.29 is 37.1 Å². The van der Waals surface area contributed by atoms with Gasteiger partial charge in [0.15, 0.2) is 0 Å². The number of nitriles is 1. The molecule has 0 radical (unpaired) electrons. The summed E-state index contributed by atoms with van der Waals surface area (Å²) in [5.74, 6) is -4.70. The van der Waals surface area contributed by atoms with Gasteiger partial charge in [0.25, 0.3) is 0 Å². The van der Waals surface area contributed by atoms with Crippen molar-refractivity contribution in [3.05, 3.63) is 24.5 Å². The van der Waals surface area contributed by atoms with Gasteiger partial charge in [-0.3, -0.25) is 24.2 Å². The molecule has 14 heteroatoms. The van der Waals surface area contributed by atoms with E-state index in [4.69, 9.17) is 4.74 Å². The minimum Gasteiger partial charge on any atom is -0.486 e. The summed E-state index contributed by atoms with van der Waals surface area (Å²) >= 11 is 0. The minimum absolute atomic E-state index is 0.0807. The van der Waals surface area contributed by atoms with Gasteiger partial charge in [0.2, 0.25) is 17.7 Å². The summed E-state index contributed by atoms with van der Waals surface area (Å²) in [6.07, 6.45) is -1.30. The molecule has 0 bridgehead atoms. The Morgan fingerprint density at radius 1 is 1.29 bits per heavy atom. The molecule has 2 aliphatic carbocycles. The number of halogens is 3. The highest BCUT2D eigenvalue weighted by molar-refractivity contribution is 5.95. The molecule has 2 saturated heterocycles. The molecule has 1 aromatic rings. The number of likely N-dealkylation sites (tertiary alicyclic amines) is 1. The molecular formula is C28H33F3N6O5. The zero-order valence-corrected chi connectivity index (χ0v) is 23.4. The highest BCUT2D eigenvalue weighted by Crippen LogP contribution is 2.65. The highest BCUT2D eigenvalue weighted by atomic mass is 19.4. The van der Waals surface area contributed by atoms with Gasteiger partial charge >= 0.3 is 12.1 Å². The number of ether oxygens (including phenoxy) is 1. The van der Waals surface area contributed by atoms with Gasteiger partial charge in [0.1, 0.15) is 30.0 Å². The summed E-state index contributed by atoms with van der Waals surface area (Å²) in [7, 11) is 0. The third kappa shape index (κ3) is 5.61. The lowest BCUT2D eigenvalue weighted by molar-refractivity contribution is -0.176. The van der Waals surface area contributed by atoms with Crippen LogP contribution in [0.1, 0.15) is 46.5 Å². The summed E-state index contributed by atoms with van der Waals surface area (Å²) in [5, 5.41) is 17.2. The molecule has 226 valence electrons. The van der Waals surface area contributed by atoms with Crippen molar-refractivity contribution in [2.75, 3.05) is 6.54 Å². The summed E-state index contributed by atoms with van der Waals surface area (Å²) in [5.41, 5.74) is -0.525.